The summed E-state index contributed by atoms with van der Waals surface area (Å²) in [7, 11) is 0. The third-order valence-electron chi connectivity index (χ3n) is 1.54. The van der Waals surface area contributed by atoms with Gasteiger partial charge >= 0.3 is 0 Å². The SMILES string of the molecule is CC(O)/C=C/c1c(F)cccc1Cl. The van der Waals surface area contributed by atoms with Gasteiger partial charge in [-0.05, 0) is 19.1 Å². The second-order valence-corrected chi connectivity index (χ2v) is 3.14. The standard InChI is InChI=1S/C10H10ClFO/c1-7(13)5-6-8-9(11)3-2-4-10(8)12/h2-7,13H,1H3/b6-5+. The molecule has 70 valence electrons. The van der Waals surface area contributed by atoms with Crippen LogP contribution in [0.2, 0.25) is 5.02 Å². The molecule has 0 aliphatic rings. The predicted molar refractivity (Wildman–Crippen MR) is 52.1 cm³/mol. The molecule has 0 bridgehead atoms. The van der Waals surface area contributed by atoms with Crippen LogP contribution in [0.15, 0.2) is 24.3 Å². The van der Waals surface area contributed by atoms with Crippen molar-refractivity contribution in [2.24, 2.45) is 0 Å². The third-order valence-corrected chi connectivity index (χ3v) is 1.87. The van der Waals surface area contributed by atoms with Crippen LogP contribution in [0.25, 0.3) is 6.08 Å². The van der Waals surface area contributed by atoms with E-state index in [0.29, 0.717) is 10.6 Å². The lowest BCUT2D eigenvalue weighted by Crippen LogP contribution is -1.92. The van der Waals surface area contributed by atoms with Gasteiger partial charge in [-0.1, -0.05) is 29.8 Å². The second-order valence-electron chi connectivity index (χ2n) is 2.74. The van der Waals surface area contributed by atoms with E-state index in [-0.39, 0.29) is 5.82 Å². The van der Waals surface area contributed by atoms with Gasteiger partial charge in [0.15, 0.2) is 0 Å². The van der Waals surface area contributed by atoms with Gasteiger partial charge in [-0.2, -0.15) is 0 Å². The summed E-state index contributed by atoms with van der Waals surface area (Å²) < 4.78 is 13.1. The highest BCUT2D eigenvalue weighted by Gasteiger charge is 2.02. The zero-order valence-electron chi connectivity index (χ0n) is 7.17. The molecule has 0 radical (unpaired) electrons. The van der Waals surface area contributed by atoms with Gasteiger partial charge in [-0.25, -0.2) is 4.39 Å². The smallest absolute Gasteiger partial charge is 0.131 e. The summed E-state index contributed by atoms with van der Waals surface area (Å²) in [6, 6.07) is 4.47. The Morgan fingerprint density at radius 3 is 2.77 bits per heavy atom. The van der Waals surface area contributed by atoms with E-state index in [4.69, 9.17) is 16.7 Å². The first-order valence-electron chi connectivity index (χ1n) is 3.91. The lowest BCUT2D eigenvalue weighted by Gasteiger charge is -2.00. The van der Waals surface area contributed by atoms with E-state index in [1.165, 1.54) is 24.3 Å². The molecule has 0 saturated carbocycles. The van der Waals surface area contributed by atoms with Crippen LogP contribution in [-0.4, -0.2) is 11.2 Å². The lowest BCUT2D eigenvalue weighted by atomic mass is 10.2. The fourth-order valence-corrected chi connectivity index (χ4v) is 1.13. The largest absolute Gasteiger partial charge is 0.389 e. The molecule has 1 N–H and O–H groups in total. The maximum Gasteiger partial charge on any atom is 0.131 e. The van der Waals surface area contributed by atoms with Crippen molar-refractivity contribution in [1.29, 1.82) is 0 Å². The van der Waals surface area contributed by atoms with E-state index >= 15 is 0 Å². The average Bonchev–Trinajstić information content (AvgIpc) is 2.03. The van der Waals surface area contributed by atoms with E-state index in [2.05, 4.69) is 0 Å². The maximum atomic E-state index is 13.1. The molecule has 0 saturated heterocycles. The fraction of sp³-hybridized carbons (Fsp3) is 0.200. The topological polar surface area (TPSA) is 20.2 Å². The second kappa shape index (κ2) is 4.40. The third kappa shape index (κ3) is 2.83. The summed E-state index contributed by atoms with van der Waals surface area (Å²) >= 11 is 5.74. The Labute approximate surface area is 81.5 Å². The predicted octanol–water partition coefficient (Wildman–Crippen LogP) is 2.87. The fourth-order valence-electron chi connectivity index (χ4n) is 0.905. The Kier molecular flexibility index (Phi) is 3.46. The first-order valence-corrected chi connectivity index (χ1v) is 4.29. The highest BCUT2D eigenvalue weighted by atomic mass is 35.5. The lowest BCUT2D eigenvalue weighted by molar-refractivity contribution is 0.245. The molecule has 0 aliphatic heterocycles. The minimum atomic E-state index is -0.601. The van der Waals surface area contributed by atoms with Crippen LogP contribution >= 0.6 is 11.6 Å². The van der Waals surface area contributed by atoms with Crippen LogP contribution in [-0.2, 0) is 0 Å². The van der Waals surface area contributed by atoms with E-state index in [1.54, 1.807) is 13.0 Å². The molecule has 0 aromatic heterocycles. The van der Waals surface area contributed by atoms with Crippen molar-refractivity contribution in [3.05, 3.63) is 40.7 Å². The van der Waals surface area contributed by atoms with E-state index in [0.717, 1.165) is 0 Å². The number of rotatable bonds is 2. The van der Waals surface area contributed by atoms with Crippen molar-refractivity contribution in [1.82, 2.24) is 0 Å². The molecule has 13 heavy (non-hydrogen) atoms. The van der Waals surface area contributed by atoms with Crippen molar-refractivity contribution < 1.29 is 9.50 Å². The van der Waals surface area contributed by atoms with Gasteiger partial charge in [-0.3, -0.25) is 0 Å². The van der Waals surface area contributed by atoms with Crippen molar-refractivity contribution in [3.8, 4) is 0 Å². The number of aliphatic hydroxyl groups is 1. The molecule has 0 fully saturated rings. The molecule has 0 heterocycles. The molecule has 1 aromatic rings. The van der Waals surface area contributed by atoms with E-state index in [1.807, 2.05) is 0 Å². The van der Waals surface area contributed by atoms with E-state index < -0.39 is 6.10 Å². The number of hydrogen-bond acceptors (Lipinski definition) is 1. The van der Waals surface area contributed by atoms with Crippen LogP contribution in [0.5, 0.6) is 0 Å². The van der Waals surface area contributed by atoms with Gasteiger partial charge in [-0.15, -0.1) is 0 Å². The highest BCUT2D eigenvalue weighted by molar-refractivity contribution is 6.32. The quantitative estimate of drug-likeness (QED) is 0.779. The van der Waals surface area contributed by atoms with Crippen LogP contribution in [0, 0.1) is 5.82 Å². The highest BCUT2D eigenvalue weighted by Crippen LogP contribution is 2.20. The van der Waals surface area contributed by atoms with Crippen LogP contribution in [0.1, 0.15) is 12.5 Å². The molecular formula is C10H10ClFO. The molecule has 1 nitrogen and oxygen atoms in total. The van der Waals surface area contributed by atoms with Gasteiger partial charge in [0.1, 0.15) is 5.82 Å². The Morgan fingerprint density at radius 1 is 1.54 bits per heavy atom. The van der Waals surface area contributed by atoms with E-state index in [9.17, 15) is 4.39 Å². The Balaban J connectivity index is 3.00. The maximum absolute atomic E-state index is 13.1. The molecule has 0 spiro atoms. The molecular weight excluding hydrogens is 191 g/mol. The summed E-state index contributed by atoms with van der Waals surface area (Å²) in [4.78, 5) is 0. The summed E-state index contributed by atoms with van der Waals surface area (Å²) in [5.74, 6) is -0.385. The van der Waals surface area contributed by atoms with Gasteiger partial charge in [0, 0.05) is 5.56 Å². The number of halogens is 2. The van der Waals surface area contributed by atoms with Crippen LogP contribution < -0.4 is 0 Å². The minimum absolute atomic E-state index is 0.310. The van der Waals surface area contributed by atoms with Crippen molar-refractivity contribution >= 4 is 17.7 Å². The van der Waals surface area contributed by atoms with Crippen LogP contribution in [0.3, 0.4) is 0 Å². The van der Waals surface area contributed by atoms with Crippen molar-refractivity contribution in [3.63, 3.8) is 0 Å². The summed E-state index contributed by atoms with van der Waals surface area (Å²) in [6.45, 7) is 1.59. The summed E-state index contributed by atoms with van der Waals surface area (Å²) in [5.41, 5.74) is 0.310. The van der Waals surface area contributed by atoms with Gasteiger partial charge in [0.25, 0.3) is 0 Å². The Morgan fingerprint density at radius 2 is 2.23 bits per heavy atom. The zero-order chi connectivity index (χ0) is 9.84. The first kappa shape index (κ1) is 10.2. The average molecular weight is 201 g/mol. The molecule has 0 amide bonds. The summed E-state index contributed by atoms with van der Waals surface area (Å²) in [5, 5.41) is 9.29. The first-order chi connectivity index (χ1) is 6.11. The monoisotopic (exact) mass is 200 g/mol. The van der Waals surface area contributed by atoms with Gasteiger partial charge in [0.05, 0.1) is 11.1 Å². The molecule has 1 unspecified atom stereocenters. The van der Waals surface area contributed by atoms with Crippen molar-refractivity contribution in [2.45, 2.75) is 13.0 Å². The van der Waals surface area contributed by atoms with Crippen LogP contribution in [0.4, 0.5) is 4.39 Å². The zero-order valence-corrected chi connectivity index (χ0v) is 7.92. The molecule has 0 aliphatic carbocycles. The molecule has 3 heteroatoms. The molecule has 1 aromatic carbocycles. The van der Waals surface area contributed by atoms with Gasteiger partial charge in [0.2, 0.25) is 0 Å². The van der Waals surface area contributed by atoms with Crippen molar-refractivity contribution in [2.75, 3.05) is 0 Å². The Hall–Kier alpha value is -0.860. The Bertz CT molecular complexity index is 300. The normalized spacial score (nSPS) is 13.5. The number of benzene rings is 1. The molecule has 1 atom stereocenters. The number of aliphatic hydroxyl groups excluding tert-OH is 1. The minimum Gasteiger partial charge on any atom is -0.389 e. The van der Waals surface area contributed by atoms with Gasteiger partial charge < -0.3 is 5.11 Å². The summed E-state index contributed by atoms with van der Waals surface area (Å²) in [6.07, 6.45) is 2.35. The molecule has 1 rings (SSSR count). The number of hydrogen-bond donors (Lipinski definition) is 1.